The lowest BCUT2D eigenvalue weighted by Crippen LogP contribution is -2.43. The molecule has 1 aromatic carbocycles. The molecule has 1 rings (SSSR count). The maximum atomic E-state index is 11.7. The Hall–Kier alpha value is -1.99. The molecule has 4 N–H and O–H groups in total. The molecule has 0 spiro atoms. The lowest BCUT2D eigenvalue weighted by Gasteiger charge is -2.15. The number of carbonyl (C=O) groups is 3. The van der Waals surface area contributed by atoms with E-state index in [2.05, 4.69) is 10.6 Å². The smallest absolute Gasteiger partial charge is 0.326 e. The summed E-state index contributed by atoms with van der Waals surface area (Å²) in [4.78, 5) is 33.1. The van der Waals surface area contributed by atoms with Crippen molar-refractivity contribution in [3.8, 4) is 0 Å². The summed E-state index contributed by atoms with van der Waals surface area (Å²) in [5.74, 6) is -2.48. The van der Waals surface area contributed by atoms with Crippen molar-refractivity contribution >= 4 is 46.9 Å². The third kappa shape index (κ3) is 5.88. The standard InChI is InChI=1S/C12H12Cl2N2O5/c13-6-1-2-7(14)9(5-6)16-12(21)15-8(11(19)20)3-4-10(17)18/h1-2,5,8H,3-4H2,(H,17,18)(H,19,20)(H2,15,16,21). The highest BCUT2D eigenvalue weighted by Gasteiger charge is 2.21. The minimum absolute atomic E-state index is 0.212. The van der Waals surface area contributed by atoms with Gasteiger partial charge in [-0.1, -0.05) is 23.2 Å². The molecule has 0 aromatic heterocycles. The molecule has 0 radical (unpaired) electrons. The number of carbonyl (C=O) groups excluding carboxylic acids is 1. The molecule has 0 aliphatic carbocycles. The van der Waals surface area contributed by atoms with E-state index in [9.17, 15) is 14.4 Å². The molecule has 21 heavy (non-hydrogen) atoms. The third-order valence-electron chi connectivity index (χ3n) is 2.43. The number of nitrogens with one attached hydrogen (secondary N) is 2. The van der Waals surface area contributed by atoms with Gasteiger partial charge in [0, 0.05) is 11.4 Å². The first-order valence-electron chi connectivity index (χ1n) is 5.76. The van der Waals surface area contributed by atoms with Crippen LogP contribution in [0.25, 0.3) is 0 Å². The van der Waals surface area contributed by atoms with Gasteiger partial charge in [0.2, 0.25) is 0 Å². The number of hydrogen-bond acceptors (Lipinski definition) is 3. The van der Waals surface area contributed by atoms with Gasteiger partial charge in [0.1, 0.15) is 6.04 Å². The summed E-state index contributed by atoms with van der Waals surface area (Å²) >= 11 is 11.6. The van der Waals surface area contributed by atoms with Gasteiger partial charge in [0.05, 0.1) is 10.7 Å². The second-order valence-corrected chi connectivity index (χ2v) is 4.89. The Morgan fingerprint density at radius 3 is 2.43 bits per heavy atom. The minimum atomic E-state index is -1.33. The Bertz CT molecular complexity index is 565. The molecule has 0 heterocycles. The van der Waals surface area contributed by atoms with E-state index >= 15 is 0 Å². The molecule has 114 valence electrons. The molecule has 2 amide bonds. The Morgan fingerprint density at radius 2 is 1.86 bits per heavy atom. The number of anilines is 1. The summed E-state index contributed by atoms with van der Waals surface area (Å²) in [6, 6.07) is 2.26. The molecule has 0 saturated carbocycles. The summed E-state index contributed by atoms with van der Waals surface area (Å²) in [7, 11) is 0. The zero-order chi connectivity index (χ0) is 16.0. The van der Waals surface area contributed by atoms with Gasteiger partial charge in [-0.05, 0) is 24.6 Å². The van der Waals surface area contributed by atoms with Crippen LogP contribution >= 0.6 is 23.2 Å². The van der Waals surface area contributed by atoms with Crippen molar-refractivity contribution in [2.45, 2.75) is 18.9 Å². The number of carboxylic acids is 2. The van der Waals surface area contributed by atoms with Crippen LogP contribution < -0.4 is 10.6 Å². The average molecular weight is 335 g/mol. The van der Waals surface area contributed by atoms with E-state index in [4.69, 9.17) is 33.4 Å². The SMILES string of the molecule is O=C(O)CCC(NC(=O)Nc1cc(Cl)ccc1Cl)C(=O)O. The number of rotatable bonds is 6. The number of aliphatic carboxylic acids is 2. The lowest BCUT2D eigenvalue weighted by atomic mass is 10.1. The van der Waals surface area contributed by atoms with Crippen LogP contribution in [0.3, 0.4) is 0 Å². The van der Waals surface area contributed by atoms with E-state index in [0.717, 1.165) is 0 Å². The largest absolute Gasteiger partial charge is 0.481 e. The van der Waals surface area contributed by atoms with Gasteiger partial charge in [-0.2, -0.15) is 0 Å². The predicted molar refractivity (Wildman–Crippen MR) is 76.9 cm³/mol. The monoisotopic (exact) mass is 334 g/mol. The lowest BCUT2D eigenvalue weighted by molar-refractivity contribution is -0.140. The van der Waals surface area contributed by atoms with E-state index in [1.165, 1.54) is 18.2 Å². The molecule has 0 aliphatic heterocycles. The Labute approximate surface area is 129 Å². The molecular weight excluding hydrogens is 323 g/mol. The number of benzene rings is 1. The summed E-state index contributed by atoms with van der Waals surface area (Å²) in [5, 5.41) is 22.5. The first-order chi connectivity index (χ1) is 9.79. The summed E-state index contributed by atoms with van der Waals surface area (Å²) < 4.78 is 0. The van der Waals surface area contributed by atoms with E-state index in [0.29, 0.717) is 5.02 Å². The fourth-order valence-electron chi connectivity index (χ4n) is 1.44. The van der Waals surface area contributed by atoms with Crippen LogP contribution in [0.15, 0.2) is 18.2 Å². The van der Waals surface area contributed by atoms with E-state index < -0.39 is 24.0 Å². The first kappa shape index (κ1) is 17.1. The molecule has 1 aromatic rings. The van der Waals surface area contributed by atoms with E-state index in [1.54, 1.807) is 0 Å². The van der Waals surface area contributed by atoms with E-state index in [1.807, 2.05) is 0 Å². The Morgan fingerprint density at radius 1 is 1.19 bits per heavy atom. The molecule has 1 unspecified atom stereocenters. The van der Waals surface area contributed by atoms with Gasteiger partial charge in [0.15, 0.2) is 0 Å². The van der Waals surface area contributed by atoms with Gasteiger partial charge in [-0.3, -0.25) is 4.79 Å². The fourth-order valence-corrected chi connectivity index (χ4v) is 1.77. The molecule has 9 heteroatoms. The highest BCUT2D eigenvalue weighted by molar-refractivity contribution is 6.35. The highest BCUT2D eigenvalue weighted by Crippen LogP contribution is 2.25. The second-order valence-electron chi connectivity index (χ2n) is 4.05. The predicted octanol–water partition coefficient (Wildman–Crippen LogP) is 2.43. The molecule has 1 atom stereocenters. The number of halogens is 2. The molecule has 0 saturated heterocycles. The van der Waals surface area contributed by atoms with Crippen LogP contribution in [0.2, 0.25) is 10.0 Å². The van der Waals surface area contributed by atoms with Gasteiger partial charge in [-0.25, -0.2) is 9.59 Å². The number of urea groups is 1. The number of carboxylic acid groups (broad SMARTS) is 2. The van der Waals surface area contributed by atoms with Gasteiger partial charge in [-0.15, -0.1) is 0 Å². The summed E-state index contributed by atoms with van der Waals surface area (Å²) in [6.45, 7) is 0. The molecule has 0 aliphatic rings. The first-order valence-corrected chi connectivity index (χ1v) is 6.52. The topological polar surface area (TPSA) is 116 Å². The van der Waals surface area contributed by atoms with Crippen molar-refractivity contribution in [3.05, 3.63) is 28.2 Å². The maximum Gasteiger partial charge on any atom is 0.326 e. The third-order valence-corrected chi connectivity index (χ3v) is 2.99. The Balaban J connectivity index is 2.67. The number of amides is 2. The fraction of sp³-hybridized carbons (Fsp3) is 0.250. The average Bonchev–Trinajstić information content (AvgIpc) is 2.38. The highest BCUT2D eigenvalue weighted by atomic mass is 35.5. The molecular formula is C12H12Cl2N2O5. The number of hydrogen-bond donors (Lipinski definition) is 4. The van der Waals surface area contributed by atoms with Crippen LogP contribution in [-0.4, -0.2) is 34.2 Å². The van der Waals surface area contributed by atoms with Crippen LogP contribution in [0, 0.1) is 0 Å². The van der Waals surface area contributed by atoms with Gasteiger partial charge >= 0.3 is 18.0 Å². The van der Waals surface area contributed by atoms with Gasteiger partial charge < -0.3 is 20.8 Å². The van der Waals surface area contributed by atoms with Crippen LogP contribution in [0.1, 0.15) is 12.8 Å². The minimum Gasteiger partial charge on any atom is -0.481 e. The van der Waals surface area contributed by atoms with Crippen molar-refractivity contribution < 1.29 is 24.6 Å². The van der Waals surface area contributed by atoms with Crippen molar-refractivity contribution in [3.63, 3.8) is 0 Å². The van der Waals surface area contributed by atoms with Crippen molar-refractivity contribution in [2.75, 3.05) is 5.32 Å². The maximum absolute atomic E-state index is 11.7. The van der Waals surface area contributed by atoms with Crippen molar-refractivity contribution in [1.29, 1.82) is 0 Å². The second kappa shape index (κ2) is 7.70. The van der Waals surface area contributed by atoms with Crippen LogP contribution in [0.5, 0.6) is 0 Å². The van der Waals surface area contributed by atoms with Gasteiger partial charge in [0.25, 0.3) is 0 Å². The zero-order valence-electron chi connectivity index (χ0n) is 10.6. The molecule has 0 fully saturated rings. The van der Waals surface area contributed by atoms with Crippen molar-refractivity contribution in [1.82, 2.24) is 5.32 Å². The summed E-state index contributed by atoms with van der Waals surface area (Å²) in [6.07, 6.45) is -0.615. The summed E-state index contributed by atoms with van der Waals surface area (Å²) in [5.41, 5.74) is 0.212. The van der Waals surface area contributed by atoms with Crippen LogP contribution in [-0.2, 0) is 9.59 Å². The quantitative estimate of drug-likeness (QED) is 0.637. The van der Waals surface area contributed by atoms with Crippen molar-refractivity contribution in [2.24, 2.45) is 0 Å². The normalized spacial score (nSPS) is 11.5. The molecule has 0 bridgehead atoms. The Kier molecular flexibility index (Phi) is 6.26. The van der Waals surface area contributed by atoms with Crippen LogP contribution in [0.4, 0.5) is 10.5 Å². The zero-order valence-corrected chi connectivity index (χ0v) is 12.1. The molecule has 7 nitrogen and oxygen atoms in total. The van der Waals surface area contributed by atoms with E-state index in [-0.39, 0.29) is 23.6 Å².